The molecule has 1 aromatic rings. The maximum absolute atomic E-state index is 12.4. The zero-order chi connectivity index (χ0) is 19.9. The fourth-order valence-electron chi connectivity index (χ4n) is 3.46. The van der Waals surface area contributed by atoms with Crippen LogP contribution in [-0.2, 0) is 14.3 Å². The smallest absolute Gasteiger partial charge is 0.251 e. The van der Waals surface area contributed by atoms with Gasteiger partial charge in [-0.3, -0.25) is 14.4 Å². The Bertz CT molecular complexity index is 696. The molecule has 0 bridgehead atoms. The molecule has 0 aromatic heterocycles. The van der Waals surface area contributed by atoms with E-state index in [-0.39, 0.29) is 23.8 Å². The van der Waals surface area contributed by atoms with Gasteiger partial charge in [0.05, 0.1) is 0 Å². The Morgan fingerprint density at radius 3 is 2.39 bits per heavy atom. The van der Waals surface area contributed by atoms with Gasteiger partial charge in [-0.15, -0.1) is 0 Å². The van der Waals surface area contributed by atoms with Crippen LogP contribution in [0.15, 0.2) is 24.3 Å². The number of hydrogen-bond donors (Lipinski definition) is 1. The van der Waals surface area contributed by atoms with Crippen molar-refractivity contribution in [2.75, 3.05) is 39.3 Å². The van der Waals surface area contributed by atoms with Crippen LogP contribution in [0, 0.1) is 0 Å². The molecule has 3 amide bonds. The van der Waals surface area contributed by atoms with Crippen LogP contribution in [0.25, 0.3) is 0 Å². The summed E-state index contributed by atoms with van der Waals surface area (Å²) in [5.74, 6) is -0.0650. The highest BCUT2D eigenvalue weighted by molar-refractivity contribution is 6.30. The van der Waals surface area contributed by atoms with Gasteiger partial charge < -0.3 is 19.9 Å². The maximum Gasteiger partial charge on any atom is 0.251 e. The number of carbonyl (C=O) groups excluding carboxylic acids is 3. The maximum atomic E-state index is 12.4. The van der Waals surface area contributed by atoms with Crippen LogP contribution in [0.1, 0.15) is 36.0 Å². The number of nitrogens with zero attached hydrogens (tertiary/aromatic N) is 2. The molecule has 0 saturated carbocycles. The first-order valence-electron chi connectivity index (χ1n) is 9.76. The molecule has 3 rings (SSSR count). The van der Waals surface area contributed by atoms with E-state index in [2.05, 4.69) is 5.32 Å². The third-order valence-electron chi connectivity index (χ3n) is 5.11. The van der Waals surface area contributed by atoms with Gasteiger partial charge in [-0.05, 0) is 43.5 Å². The highest BCUT2D eigenvalue weighted by Crippen LogP contribution is 2.16. The van der Waals surface area contributed by atoms with Crippen molar-refractivity contribution in [2.24, 2.45) is 0 Å². The minimum atomic E-state index is -0.300. The molecular weight excluding hydrogens is 382 g/mol. The second-order valence-corrected chi connectivity index (χ2v) is 7.51. The van der Waals surface area contributed by atoms with Crippen molar-refractivity contribution in [3.63, 3.8) is 0 Å². The van der Waals surface area contributed by atoms with Crippen molar-refractivity contribution in [3.05, 3.63) is 34.9 Å². The molecule has 2 aliphatic rings. The molecule has 2 aliphatic heterocycles. The van der Waals surface area contributed by atoms with Gasteiger partial charge in [-0.25, -0.2) is 0 Å². The number of piperazine rings is 1. The molecule has 2 heterocycles. The summed E-state index contributed by atoms with van der Waals surface area (Å²) in [7, 11) is 0. The Morgan fingerprint density at radius 1 is 1.07 bits per heavy atom. The quantitative estimate of drug-likeness (QED) is 0.728. The van der Waals surface area contributed by atoms with Gasteiger partial charge in [0.1, 0.15) is 6.10 Å². The van der Waals surface area contributed by atoms with E-state index in [4.69, 9.17) is 16.3 Å². The molecule has 8 heteroatoms. The Balaban J connectivity index is 1.33. The standard InChI is InChI=1S/C20H26ClN3O4/c21-16-7-5-15(6-8-16)19(26)22-9-1-4-18(25)23-10-12-24(13-11-23)20(27)17-3-2-14-28-17/h5-8,17H,1-4,9-14H2,(H,22,26). The third kappa shape index (κ3) is 5.45. The molecule has 2 fully saturated rings. The van der Waals surface area contributed by atoms with Crippen LogP contribution >= 0.6 is 11.6 Å². The monoisotopic (exact) mass is 407 g/mol. The summed E-state index contributed by atoms with van der Waals surface area (Å²) in [4.78, 5) is 40.3. The topological polar surface area (TPSA) is 79.0 Å². The van der Waals surface area contributed by atoms with Crippen molar-refractivity contribution >= 4 is 29.3 Å². The number of nitrogens with one attached hydrogen (secondary N) is 1. The van der Waals surface area contributed by atoms with Crippen LogP contribution in [-0.4, -0.2) is 73.0 Å². The van der Waals surface area contributed by atoms with E-state index in [9.17, 15) is 14.4 Å². The molecular formula is C20H26ClN3O4. The van der Waals surface area contributed by atoms with Gasteiger partial charge in [0.25, 0.3) is 11.8 Å². The minimum Gasteiger partial charge on any atom is -0.368 e. The largest absolute Gasteiger partial charge is 0.368 e. The summed E-state index contributed by atoms with van der Waals surface area (Å²) in [6.45, 7) is 3.30. The zero-order valence-corrected chi connectivity index (χ0v) is 16.6. The van der Waals surface area contributed by atoms with E-state index in [1.165, 1.54) is 0 Å². The lowest BCUT2D eigenvalue weighted by Gasteiger charge is -2.35. The number of hydrogen-bond acceptors (Lipinski definition) is 4. The van der Waals surface area contributed by atoms with E-state index in [0.717, 1.165) is 12.8 Å². The summed E-state index contributed by atoms with van der Waals surface area (Å²) in [6, 6.07) is 6.67. The molecule has 28 heavy (non-hydrogen) atoms. The van der Waals surface area contributed by atoms with Crippen LogP contribution in [0.4, 0.5) is 0 Å². The molecule has 0 aliphatic carbocycles. The average Bonchev–Trinajstić information content (AvgIpc) is 3.26. The summed E-state index contributed by atoms with van der Waals surface area (Å²) in [5.41, 5.74) is 0.544. The van der Waals surface area contributed by atoms with Gasteiger partial charge in [0.15, 0.2) is 0 Å². The van der Waals surface area contributed by atoms with E-state index >= 15 is 0 Å². The molecule has 1 atom stereocenters. The second kappa shape index (κ2) is 9.89. The average molecular weight is 408 g/mol. The van der Waals surface area contributed by atoms with Crippen LogP contribution in [0.5, 0.6) is 0 Å². The highest BCUT2D eigenvalue weighted by Gasteiger charge is 2.31. The molecule has 2 saturated heterocycles. The van der Waals surface area contributed by atoms with Crippen LogP contribution < -0.4 is 5.32 Å². The zero-order valence-electron chi connectivity index (χ0n) is 15.9. The van der Waals surface area contributed by atoms with E-state index in [0.29, 0.717) is 62.8 Å². The number of amides is 3. The Hall–Kier alpha value is -2.12. The van der Waals surface area contributed by atoms with Gasteiger partial charge in [-0.1, -0.05) is 11.6 Å². The lowest BCUT2D eigenvalue weighted by atomic mass is 10.2. The molecule has 0 spiro atoms. The highest BCUT2D eigenvalue weighted by atomic mass is 35.5. The van der Waals surface area contributed by atoms with Gasteiger partial charge in [0.2, 0.25) is 5.91 Å². The predicted octanol–water partition coefficient (Wildman–Crippen LogP) is 1.70. The minimum absolute atomic E-state index is 0.0505. The molecule has 1 N–H and O–H groups in total. The molecule has 152 valence electrons. The Kier molecular flexibility index (Phi) is 7.28. The first-order valence-corrected chi connectivity index (χ1v) is 10.1. The Labute approximate surface area is 169 Å². The van der Waals surface area contributed by atoms with Gasteiger partial charge in [-0.2, -0.15) is 0 Å². The van der Waals surface area contributed by atoms with Crippen molar-refractivity contribution in [1.82, 2.24) is 15.1 Å². The lowest BCUT2D eigenvalue weighted by molar-refractivity contribution is -0.146. The van der Waals surface area contributed by atoms with Crippen LogP contribution in [0.2, 0.25) is 5.02 Å². The molecule has 0 radical (unpaired) electrons. The first-order chi connectivity index (χ1) is 13.5. The van der Waals surface area contributed by atoms with E-state index in [1.54, 1.807) is 34.1 Å². The SMILES string of the molecule is O=C(NCCCC(=O)N1CCN(C(=O)C2CCCO2)CC1)c1ccc(Cl)cc1. The number of rotatable bonds is 6. The first kappa shape index (κ1) is 20.6. The fraction of sp³-hybridized carbons (Fsp3) is 0.550. The predicted molar refractivity (Wildman–Crippen MR) is 105 cm³/mol. The summed E-state index contributed by atoms with van der Waals surface area (Å²) in [6.07, 6.45) is 2.38. The third-order valence-corrected chi connectivity index (χ3v) is 5.36. The van der Waals surface area contributed by atoms with Crippen molar-refractivity contribution < 1.29 is 19.1 Å². The lowest BCUT2D eigenvalue weighted by Crippen LogP contribution is -2.52. The number of halogens is 1. The number of benzene rings is 1. The van der Waals surface area contributed by atoms with Crippen molar-refractivity contribution in [3.8, 4) is 0 Å². The number of ether oxygens (including phenoxy) is 1. The van der Waals surface area contributed by atoms with Gasteiger partial charge in [0, 0.05) is 56.3 Å². The van der Waals surface area contributed by atoms with E-state index in [1.807, 2.05) is 0 Å². The Morgan fingerprint density at radius 2 is 1.75 bits per heavy atom. The summed E-state index contributed by atoms with van der Waals surface area (Å²) >= 11 is 5.81. The summed E-state index contributed by atoms with van der Waals surface area (Å²) in [5, 5.41) is 3.39. The van der Waals surface area contributed by atoms with Crippen LogP contribution in [0.3, 0.4) is 0 Å². The molecule has 1 unspecified atom stereocenters. The van der Waals surface area contributed by atoms with Gasteiger partial charge >= 0.3 is 0 Å². The van der Waals surface area contributed by atoms with Crippen molar-refractivity contribution in [1.29, 1.82) is 0 Å². The fourth-order valence-corrected chi connectivity index (χ4v) is 3.58. The molecule has 7 nitrogen and oxygen atoms in total. The van der Waals surface area contributed by atoms with E-state index < -0.39 is 0 Å². The number of carbonyl (C=O) groups is 3. The van der Waals surface area contributed by atoms with Crippen molar-refractivity contribution in [2.45, 2.75) is 31.8 Å². The normalized spacial score (nSPS) is 19.5. The summed E-state index contributed by atoms with van der Waals surface area (Å²) < 4.78 is 5.45. The second-order valence-electron chi connectivity index (χ2n) is 7.07. The molecule has 1 aromatic carbocycles.